The van der Waals surface area contributed by atoms with Crippen molar-refractivity contribution < 1.29 is 14.3 Å². The average molecular weight is 339 g/mol. The average Bonchev–Trinajstić information content (AvgIpc) is 3.03. The predicted molar refractivity (Wildman–Crippen MR) is 92.6 cm³/mol. The number of aromatic nitrogens is 2. The molecule has 0 unspecified atom stereocenters. The first-order valence-electron chi connectivity index (χ1n) is 7.82. The number of hydrogen-bond acceptors (Lipinski definition) is 3. The fraction of sp³-hybridized carbons (Fsp3) is 0.158. The van der Waals surface area contributed by atoms with Gasteiger partial charge < -0.3 is 5.11 Å². The minimum atomic E-state index is -0.931. The van der Waals surface area contributed by atoms with E-state index in [9.17, 15) is 14.3 Å². The molecule has 1 heterocycles. The molecule has 25 heavy (non-hydrogen) atoms. The molecule has 6 heteroatoms. The maximum Gasteiger partial charge on any atom is 0.336 e. The highest BCUT2D eigenvalue weighted by atomic mass is 19.1. The molecule has 0 bridgehead atoms. The Morgan fingerprint density at radius 2 is 1.80 bits per heavy atom. The number of nitrogens with one attached hydrogen (secondary N) is 1. The Morgan fingerprint density at radius 3 is 2.52 bits per heavy atom. The number of aromatic amines is 1. The summed E-state index contributed by atoms with van der Waals surface area (Å²) in [5.41, 5.74) is 3.71. The molecule has 0 aliphatic heterocycles. The number of hydrogen-bond donors (Lipinski definition) is 2. The zero-order chi connectivity index (χ0) is 17.8. The molecule has 0 spiro atoms. The quantitative estimate of drug-likeness (QED) is 0.721. The molecule has 0 aliphatic rings. The summed E-state index contributed by atoms with van der Waals surface area (Å²) in [6, 6.07) is 13.2. The van der Waals surface area contributed by atoms with Crippen LogP contribution in [-0.4, -0.2) is 33.2 Å². The van der Waals surface area contributed by atoms with E-state index in [1.807, 2.05) is 24.1 Å². The number of carbonyl (C=O) groups is 1. The van der Waals surface area contributed by atoms with Crippen molar-refractivity contribution in [3.05, 3.63) is 77.2 Å². The second kappa shape index (κ2) is 7.27. The van der Waals surface area contributed by atoms with E-state index in [-0.39, 0.29) is 5.82 Å². The molecule has 2 N–H and O–H groups in total. The molecule has 128 valence electrons. The molecule has 2 aromatic carbocycles. The number of halogens is 1. The third-order valence-electron chi connectivity index (χ3n) is 3.98. The molecule has 0 atom stereocenters. The number of carboxylic acids is 1. The Morgan fingerprint density at radius 1 is 1.12 bits per heavy atom. The van der Waals surface area contributed by atoms with Crippen LogP contribution >= 0.6 is 0 Å². The van der Waals surface area contributed by atoms with E-state index in [0.717, 1.165) is 22.4 Å². The van der Waals surface area contributed by atoms with Crippen LogP contribution in [-0.2, 0) is 13.1 Å². The van der Waals surface area contributed by atoms with Crippen LogP contribution in [0.5, 0.6) is 0 Å². The Kier molecular flexibility index (Phi) is 4.90. The lowest BCUT2D eigenvalue weighted by molar-refractivity contribution is 0.0694. The fourth-order valence-corrected chi connectivity index (χ4v) is 2.80. The van der Waals surface area contributed by atoms with Crippen molar-refractivity contribution in [2.75, 3.05) is 7.05 Å². The minimum absolute atomic E-state index is 0.285. The smallest absolute Gasteiger partial charge is 0.336 e. The van der Waals surface area contributed by atoms with E-state index in [1.165, 1.54) is 12.1 Å². The molecule has 0 fully saturated rings. The lowest BCUT2D eigenvalue weighted by Crippen LogP contribution is -2.19. The first-order chi connectivity index (χ1) is 12.0. The van der Waals surface area contributed by atoms with Gasteiger partial charge in [0.25, 0.3) is 0 Å². The standard InChI is InChI=1S/C19H18FN3O2/c1-23(11-14-4-2-3-5-17(14)19(24)25)12-15-10-21-22-18(15)13-6-8-16(20)9-7-13/h2-10H,11-12H2,1H3,(H,21,22)(H,24,25). The molecule has 5 nitrogen and oxygen atoms in total. The first-order valence-corrected chi connectivity index (χ1v) is 7.82. The minimum Gasteiger partial charge on any atom is -0.478 e. The lowest BCUT2D eigenvalue weighted by atomic mass is 10.1. The van der Waals surface area contributed by atoms with Gasteiger partial charge in [0.2, 0.25) is 0 Å². The lowest BCUT2D eigenvalue weighted by Gasteiger charge is -2.18. The Balaban J connectivity index is 1.77. The highest BCUT2D eigenvalue weighted by Gasteiger charge is 2.14. The van der Waals surface area contributed by atoms with Crippen molar-refractivity contribution in [3.8, 4) is 11.3 Å². The molecular weight excluding hydrogens is 321 g/mol. The van der Waals surface area contributed by atoms with Gasteiger partial charge in [-0.05, 0) is 42.9 Å². The van der Waals surface area contributed by atoms with Crippen LogP contribution in [0.2, 0.25) is 0 Å². The number of benzene rings is 2. The summed E-state index contributed by atoms with van der Waals surface area (Å²) >= 11 is 0. The van der Waals surface area contributed by atoms with Crippen molar-refractivity contribution in [3.63, 3.8) is 0 Å². The SMILES string of the molecule is CN(Cc1ccccc1C(=O)O)Cc1cn[nH]c1-c1ccc(F)cc1. The zero-order valence-electron chi connectivity index (χ0n) is 13.7. The van der Waals surface area contributed by atoms with E-state index in [4.69, 9.17) is 0 Å². The predicted octanol–water partition coefficient (Wildman–Crippen LogP) is 3.55. The van der Waals surface area contributed by atoms with E-state index < -0.39 is 5.97 Å². The molecule has 0 radical (unpaired) electrons. The molecular formula is C19H18FN3O2. The maximum atomic E-state index is 13.1. The van der Waals surface area contributed by atoms with Crippen LogP contribution in [0.1, 0.15) is 21.5 Å². The second-order valence-corrected chi connectivity index (χ2v) is 5.91. The molecule has 0 saturated heterocycles. The van der Waals surface area contributed by atoms with Crippen LogP contribution < -0.4 is 0 Å². The van der Waals surface area contributed by atoms with Gasteiger partial charge in [0.1, 0.15) is 5.82 Å². The van der Waals surface area contributed by atoms with Crippen molar-refractivity contribution in [2.24, 2.45) is 0 Å². The van der Waals surface area contributed by atoms with Crippen molar-refractivity contribution in [2.45, 2.75) is 13.1 Å². The molecule has 0 saturated carbocycles. The van der Waals surface area contributed by atoms with Gasteiger partial charge >= 0.3 is 5.97 Å². The van der Waals surface area contributed by atoms with Crippen LogP contribution in [0.4, 0.5) is 4.39 Å². The van der Waals surface area contributed by atoms with Crippen LogP contribution in [0, 0.1) is 5.82 Å². The maximum absolute atomic E-state index is 13.1. The number of rotatable bonds is 6. The highest BCUT2D eigenvalue weighted by Crippen LogP contribution is 2.23. The van der Waals surface area contributed by atoms with Gasteiger partial charge in [-0.25, -0.2) is 9.18 Å². The summed E-state index contributed by atoms with van der Waals surface area (Å²) in [6.45, 7) is 1.08. The number of aromatic carboxylic acids is 1. The van der Waals surface area contributed by atoms with Gasteiger partial charge in [-0.2, -0.15) is 5.10 Å². The number of carboxylic acid groups (broad SMARTS) is 1. The summed E-state index contributed by atoms with van der Waals surface area (Å²) in [5.74, 6) is -1.22. The largest absolute Gasteiger partial charge is 0.478 e. The van der Waals surface area contributed by atoms with Crippen LogP contribution in [0.25, 0.3) is 11.3 Å². The van der Waals surface area contributed by atoms with Gasteiger partial charge in [-0.3, -0.25) is 10.00 Å². The summed E-state index contributed by atoms with van der Waals surface area (Å²) in [6.07, 6.45) is 1.73. The Labute approximate surface area is 144 Å². The van der Waals surface area contributed by atoms with Gasteiger partial charge in [-0.1, -0.05) is 18.2 Å². The Hall–Kier alpha value is -2.99. The second-order valence-electron chi connectivity index (χ2n) is 5.91. The van der Waals surface area contributed by atoms with E-state index >= 15 is 0 Å². The van der Waals surface area contributed by atoms with Gasteiger partial charge in [0, 0.05) is 24.2 Å². The first kappa shape index (κ1) is 16.9. The monoisotopic (exact) mass is 339 g/mol. The molecule has 3 aromatic rings. The summed E-state index contributed by atoms with van der Waals surface area (Å²) < 4.78 is 13.1. The number of H-pyrrole nitrogens is 1. The Bertz CT molecular complexity index is 874. The third kappa shape index (κ3) is 3.92. The van der Waals surface area contributed by atoms with E-state index in [2.05, 4.69) is 10.2 Å². The van der Waals surface area contributed by atoms with Gasteiger partial charge in [-0.15, -0.1) is 0 Å². The highest BCUT2D eigenvalue weighted by molar-refractivity contribution is 5.89. The number of nitrogens with zero attached hydrogens (tertiary/aromatic N) is 2. The summed E-state index contributed by atoms with van der Waals surface area (Å²) in [5, 5.41) is 16.3. The van der Waals surface area contributed by atoms with E-state index in [1.54, 1.807) is 30.5 Å². The van der Waals surface area contributed by atoms with Crippen molar-refractivity contribution in [1.29, 1.82) is 0 Å². The van der Waals surface area contributed by atoms with Gasteiger partial charge in [0.15, 0.2) is 0 Å². The summed E-state index contributed by atoms with van der Waals surface area (Å²) in [7, 11) is 1.92. The van der Waals surface area contributed by atoms with Crippen LogP contribution in [0.3, 0.4) is 0 Å². The van der Waals surface area contributed by atoms with E-state index in [0.29, 0.717) is 18.7 Å². The molecule has 1 aromatic heterocycles. The fourth-order valence-electron chi connectivity index (χ4n) is 2.80. The molecule has 3 rings (SSSR count). The normalized spacial score (nSPS) is 11.0. The van der Waals surface area contributed by atoms with Gasteiger partial charge in [0.05, 0.1) is 17.5 Å². The van der Waals surface area contributed by atoms with Crippen molar-refractivity contribution >= 4 is 5.97 Å². The third-order valence-corrected chi connectivity index (χ3v) is 3.98. The molecule has 0 amide bonds. The molecule has 0 aliphatic carbocycles. The zero-order valence-corrected chi connectivity index (χ0v) is 13.7. The van der Waals surface area contributed by atoms with Crippen molar-refractivity contribution in [1.82, 2.24) is 15.1 Å². The van der Waals surface area contributed by atoms with Crippen LogP contribution in [0.15, 0.2) is 54.7 Å². The topological polar surface area (TPSA) is 69.2 Å². The summed E-state index contributed by atoms with van der Waals surface area (Å²) in [4.78, 5) is 13.3.